The maximum absolute atomic E-state index is 6.14. The smallest absolute Gasteiger partial charge is 0.0483 e. The first-order valence-corrected chi connectivity index (χ1v) is 8.08. The minimum Gasteiger partial charge on any atom is -0.347 e. The number of aryl methyl sites for hydroxylation is 1. The molecule has 0 bridgehead atoms. The number of aromatic nitrogens is 1. The normalized spacial score (nSPS) is 12.9. The van der Waals surface area contributed by atoms with Crippen molar-refractivity contribution < 1.29 is 0 Å². The molecule has 20 heavy (non-hydrogen) atoms. The van der Waals surface area contributed by atoms with E-state index in [0.717, 1.165) is 19.4 Å². The highest BCUT2D eigenvalue weighted by Gasteiger charge is 2.10. The van der Waals surface area contributed by atoms with Crippen LogP contribution in [0.2, 0.25) is 0 Å². The van der Waals surface area contributed by atoms with Crippen molar-refractivity contribution in [3.05, 3.63) is 36.0 Å². The standard InChI is InChI=1S/C18H28N2/c1-3-5-6-9-12-20-14-15(13-16(19)4-2)17-10-7-8-11-18(17)20/h7-8,10-11,14,16H,3-6,9,12-13,19H2,1-2H3. The molecule has 0 fully saturated rings. The van der Waals surface area contributed by atoms with Gasteiger partial charge in [-0.15, -0.1) is 0 Å². The zero-order chi connectivity index (χ0) is 14.4. The molecule has 2 N–H and O–H groups in total. The number of rotatable bonds is 8. The van der Waals surface area contributed by atoms with Gasteiger partial charge in [-0.05, 0) is 30.9 Å². The second kappa shape index (κ2) is 7.49. The van der Waals surface area contributed by atoms with Gasteiger partial charge in [0.15, 0.2) is 0 Å². The van der Waals surface area contributed by atoms with Gasteiger partial charge in [0.2, 0.25) is 0 Å². The molecule has 2 aromatic rings. The number of hydrogen-bond donors (Lipinski definition) is 1. The van der Waals surface area contributed by atoms with Crippen LogP contribution in [-0.2, 0) is 13.0 Å². The fourth-order valence-corrected chi connectivity index (χ4v) is 2.81. The Balaban J connectivity index is 2.17. The van der Waals surface area contributed by atoms with Crippen molar-refractivity contribution in [1.82, 2.24) is 4.57 Å². The highest BCUT2D eigenvalue weighted by molar-refractivity contribution is 5.84. The van der Waals surface area contributed by atoms with Gasteiger partial charge >= 0.3 is 0 Å². The average molecular weight is 272 g/mol. The monoisotopic (exact) mass is 272 g/mol. The summed E-state index contributed by atoms with van der Waals surface area (Å²) in [4.78, 5) is 0. The molecule has 0 aliphatic heterocycles. The van der Waals surface area contributed by atoms with Gasteiger partial charge in [-0.2, -0.15) is 0 Å². The van der Waals surface area contributed by atoms with Gasteiger partial charge in [-0.3, -0.25) is 0 Å². The van der Waals surface area contributed by atoms with Crippen molar-refractivity contribution in [3.8, 4) is 0 Å². The molecule has 1 aromatic carbocycles. The lowest BCUT2D eigenvalue weighted by atomic mass is 10.0. The highest BCUT2D eigenvalue weighted by Crippen LogP contribution is 2.23. The molecule has 2 nitrogen and oxygen atoms in total. The second-order valence-electron chi connectivity index (χ2n) is 5.80. The van der Waals surface area contributed by atoms with Gasteiger partial charge in [-0.25, -0.2) is 0 Å². The van der Waals surface area contributed by atoms with E-state index in [9.17, 15) is 0 Å². The molecule has 0 saturated carbocycles. The molecular formula is C18H28N2. The first-order chi connectivity index (χ1) is 9.76. The molecule has 2 rings (SSSR count). The molecule has 2 heteroatoms. The van der Waals surface area contributed by atoms with Gasteiger partial charge in [0.25, 0.3) is 0 Å². The van der Waals surface area contributed by atoms with E-state index in [0.29, 0.717) is 0 Å². The Hall–Kier alpha value is -1.28. The summed E-state index contributed by atoms with van der Waals surface area (Å²) in [5, 5.41) is 1.38. The highest BCUT2D eigenvalue weighted by atomic mass is 15.0. The van der Waals surface area contributed by atoms with Crippen molar-refractivity contribution in [3.63, 3.8) is 0 Å². The first-order valence-electron chi connectivity index (χ1n) is 8.08. The van der Waals surface area contributed by atoms with E-state index in [2.05, 4.69) is 48.9 Å². The molecule has 1 atom stereocenters. The number of hydrogen-bond acceptors (Lipinski definition) is 1. The molecule has 0 aliphatic rings. The minimum atomic E-state index is 0.273. The van der Waals surface area contributed by atoms with Crippen LogP contribution in [0.4, 0.5) is 0 Å². The number of nitrogens with two attached hydrogens (primary N) is 1. The van der Waals surface area contributed by atoms with Crippen LogP contribution >= 0.6 is 0 Å². The van der Waals surface area contributed by atoms with E-state index in [-0.39, 0.29) is 6.04 Å². The zero-order valence-corrected chi connectivity index (χ0v) is 12.9. The summed E-state index contributed by atoms with van der Waals surface area (Å²) in [6, 6.07) is 9.00. The van der Waals surface area contributed by atoms with Gasteiger partial charge in [0, 0.05) is 29.7 Å². The van der Waals surface area contributed by atoms with Crippen LogP contribution in [0.25, 0.3) is 10.9 Å². The fraction of sp³-hybridized carbons (Fsp3) is 0.556. The van der Waals surface area contributed by atoms with E-state index in [1.54, 1.807) is 0 Å². The van der Waals surface area contributed by atoms with Crippen molar-refractivity contribution in [2.75, 3.05) is 0 Å². The van der Waals surface area contributed by atoms with Crippen molar-refractivity contribution in [2.45, 2.75) is 65.0 Å². The van der Waals surface area contributed by atoms with Gasteiger partial charge in [0.05, 0.1) is 0 Å². The molecule has 0 aliphatic carbocycles. The Bertz CT molecular complexity index is 527. The lowest BCUT2D eigenvalue weighted by molar-refractivity contribution is 0.590. The maximum Gasteiger partial charge on any atom is 0.0483 e. The zero-order valence-electron chi connectivity index (χ0n) is 12.9. The molecule has 0 radical (unpaired) electrons. The molecule has 1 unspecified atom stereocenters. The Morgan fingerprint density at radius 3 is 2.65 bits per heavy atom. The molecule has 0 spiro atoms. The summed E-state index contributed by atoms with van der Waals surface area (Å²) >= 11 is 0. The van der Waals surface area contributed by atoms with Crippen LogP contribution in [0.3, 0.4) is 0 Å². The third-order valence-corrected chi connectivity index (χ3v) is 4.13. The van der Waals surface area contributed by atoms with Crippen LogP contribution in [0.15, 0.2) is 30.5 Å². The van der Waals surface area contributed by atoms with E-state index in [1.165, 1.54) is 42.1 Å². The van der Waals surface area contributed by atoms with Crippen molar-refractivity contribution in [2.24, 2.45) is 5.73 Å². The Morgan fingerprint density at radius 2 is 1.90 bits per heavy atom. The van der Waals surface area contributed by atoms with E-state index >= 15 is 0 Å². The largest absolute Gasteiger partial charge is 0.347 e. The van der Waals surface area contributed by atoms with E-state index in [1.807, 2.05) is 0 Å². The number of para-hydroxylation sites is 1. The molecule has 110 valence electrons. The number of benzene rings is 1. The summed E-state index contributed by atoms with van der Waals surface area (Å²) in [6.45, 7) is 5.55. The number of fused-ring (bicyclic) bond motifs is 1. The quantitative estimate of drug-likeness (QED) is 0.705. The van der Waals surface area contributed by atoms with Crippen LogP contribution < -0.4 is 5.73 Å². The van der Waals surface area contributed by atoms with Gasteiger partial charge < -0.3 is 10.3 Å². The maximum atomic E-state index is 6.14. The Labute approximate surface area is 123 Å². The predicted molar refractivity (Wildman–Crippen MR) is 88.1 cm³/mol. The number of unbranched alkanes of at least 4 members (excludes halogenated alkanes) is 3. The van der Waals surface area contributed by atoms with Crippen LogP contribution in [0.5, 0.6) is 0 Å². The van der Waals surface area contributed by atoms with Crippen molar-refractivity contribution >= 4 is 10.9 Å². The third kappa shape index (κ3) is 3.63. The predicted octanol–water partition coefficient (Wildman–Crippen LogP) is 4.50. The topological polar surface area (TPSA) is 30.9 Å². The van der Waals surface area contributed by atoms with Crippen LogP contribution in [0.1, 0.15) is 51.5 Å². The summed E-state index contributed by atoms with van der Waals surface area (Å²) in [5.41, 5.74) is 8.91. The van der Waals surface area contributed by atoms with Gasteiger partial charge in [-0.1, -0.05) is 51.3 Å². The van der Waals surface area contributed by atoms with Crippen molar-refractivity contribution in [1.29, 1.82) is 0 Å². The van der Waals surface area contributed by atoms with Gasteiger partial charge in [0.1, 0.15) is 0 Å². The lowest BCUT2D eigenvalue weighted by Gasteiger charge is -2.06. The molecule has 0 amide bonds. The fourth-order valence-electron chi connectivity index (χ4n) is 2.81. The first kappa shape index (κ1) is 15.1. The molecule has 1 heterocycles. The Morgan fingerprint density at radius 1 is 1.10 bits per heavy atom. The third-order valence-electron chi connectivity index (χ3n) is 4.13. The summed E-state index contributed by atoms with van der Waals surface area (Å²) in [6.07, 6.45) is 9.58. The Kier molecular flexibility index (Phi) is 5.66. The second-order valence-corrected chi connectivity index (χ2v) is 5.80. The van der Waals surface area contributed by atoms with E-state index < -0.39 is 0 Å². The van der Waals surface area contributed by atoms with Crippen LogP contribution in [-0.4, -0.2) is 10.6 Å². The SMILES string of the molecule is CCCCCCn1cc(CC(N)CC)c2ccccc21. The lowest BCUT2D eigenvalue weighted by Crippen LogP contribution is -2.21. The summed E-state index contributed by atoms with van der Waals surface area (Å²) in [7, 11) is 0. The summed E-state index contributed by atoms with van der Waals surface area (Å²) in [5.74, 6) is 0. The van der Waals surface area contributed by atoms with Crippen LogP contribution in [0, 0.1) is 0 Å². The molecular weight excluding hydrogens is 244 g/mol. The van der Waals surface area contributed by atoms with E-state index in [4.69, 9.17) is 5.73 Å². The molecule has 0 saturated heterocycles. The molecule has 1 aromatic heterocycles. The minimum absolute atomic E-state index is 0.273. The summed E-state index contributed by atoms with van der Waals surface area (Å²) < 4.78 is 2.42. The number of nitrogens with zero attached hydrogens (tertiary/aromatic N) is 1. The average Bonchev–Trinajstić information content (AvgIpc) is 2.82.